The van der Waals surface area contributed by atoms with Gasteiger partial charge >= 0.3 is 5.97 Å². The summed E-state index contributed by atoms with van der Waals surface area (Å²) < 4.78 is 5.33. The SMILES string of the molecule is O=C(N[C@@H](Cc1cnc[nH]1)C(=O)O)C1CCCCO1. The van der Waals surface area contributed by atoms with Crippen molar-refractivity contribution >= 4 is 11.9 Å². The van der Waals surface area contributed by atoms with E-state index in [9.17, 15) is 9.59 Å². The van der Waals surface area contributed by atoms with Gasteiger partial charge in [0.25, 0.3) is 0 Å². The van der Waals surface area contributed by atoms with E-state index in [2.05, 4.69) is 15.3 Å². The van der Waals surface area contributed by atoms with Crippen LogP contribution in [0, 0.1) is 0 Å². The van der Waals surface area contributed by atoms with E-state index in [4.69, 9.17) is 9.84 Å². The van der Waals surface area contributed by atoms with Gasteiger partial charge in [0, 0.05) is 24.9 Å². The highest BCUT2D eigenvalue weighted by Gasteiger charge is 2.27. The number of carboxylic acid groups (broad SMARTS) is 1. The maximum atomic E-state index is 11.9. The first-order valence-corrected chi connectivity index (χ1v) is 6.29. The summed E-state index contributed by atoms with van der Waals surface area (Å²) >= 11 is 0. The van der Waals surface area contributed by atoms with Crippen LogP contribution < -0.4 is 5.32 Å². The van der Waals surface area contributed by atoms with Gasteiger partial charge in [-0.05, 0) is 19.3 Å². The molecule has 0 saturated carbocycles. The van der Waals surface area contributed by atoms with Gasteiger partial charge in [-0.2, -0.15) is 0 Å². The molecular formula is C12H17N3O4. The number of rotatable bonds is 5. The van der Waals surface area contributed by atoms with Crippen molar-refractivity contribution in [2.45, 2.75) is 37.8 Å². The Kier molecular flexibility index (Phi) is 4.51. The first kappa shape index (κ1) is 13.5. The Morgan fingerprint density at radius 2 is 2.42 bits per heavy atom. The molecule has 0 radical (unpaired) electrons. The third-order valence-corrected chi connectivity index (χ3v) is 3.07. The molecule has 1 aliphatic rings. The molecule has 2 rings (SSSR count). The Morgan fingerprint density at radius 3 is 3.00 bits per heavy atom. The van der Waals surface area contributed by atoms with Crippen LogP contribution in [0.5, 0.6) is 0 Å². The zero-order chi connectivity index (χ0) is 13.7. The van der Waals surface area contributed by atoms with Crippen LogP contribution in [0.25, 0.3) is 0 Å². The van der Waals surface area contributed by atoms with Crippen LogP contribution in [0.15, 0.2) is 12.5 Å². The number of imidazole rings is 1. The van der Waals surface area contributed by atoms with Crippen LogP contribution in [-0.2, 0) is 20.7 Å². The number of hydrogen-bond acceptors (Lipinski definition) is 4. The van der Waals surface area contributed by atoms with E-state index >= 15 is 0 Å². The summed E-state index contributed by atoms with van der Waals surface area (Å²) in [5.74, 6) is -1.43. The van der Waals surface area contributed by atoms with Crippen molar-refractivity contribution in [1.29, 1.82) is 0 Å². The Bertz CT molecular complexity index is 426. The molecule has 7 nitrogen and oxygen atoms in total. The van der Waals surface area contributed by atoms with Gasteiger partial charge < -0.3 is 20.1 Å². The van der Waals surface area contributed by atoms with Crippen LogP contribution in [0.1, 0.15) is 25.0 Å². The topological polar surface area (TPSA) is 104 Å². The van der Waals surface area contributed by atoms with E-state index in [1.165, 1.54) is 6.33 Å². The van der Waals surface area contributed by atoms with E-state index in [0.29, 0.717) is 18.7 Å². The van der Waals surface area contributed by atoms with Crippen molar-refractivity contribution < 1.29 is 19.4 Å². The number of aromatic amines is 1. The van der Waals surface area contributed by atoms with Gasteiger partial charge in [-0.3, -0.25) is 4.79 Å². The number of amides is 1. The molecular weight excluding hydrogens is 250 g/mol. The largest absolute Gasteiger partial charge is 0.480 e. The molecule has 0 spiro atoms. The first-order valence-electron chi connectivity index (χ1n) is 6.29. The maximum absolute atomic E-state index is 11.9. The number of ether oxygens (including phenoxy) is 1. The molecule has 7 heteroatoms. The zero-order valence-corrected chi connectivity index (χ0v) is 10.5. The lowest BCUT2D eigenvalue weighted by Gasteiger charge is -2.23. The number of nitrogens with zero attached hydrogens (tertiary/aromatic N) is 1. The van der Waals surface area contributed by atoms with Crippen molar-refractivity contribution in [3.63, 3.8) is 0 Å². The number of aliphatic carboxylic acids is 1. The highest BCUT2D eigenvalue weighted by Crippen LogP contribution is 2.13. The van der Waals surface area contributed by atoms with Crippen LogP contribution in [0.2, 0.25) is 0 Å². The molecule has 3 N–H and O–H groups in total. The normalized spacial score (nSPS) is 20.7. The molecule has 1 saturated heterocycles. The number of nitrogens with one attached hydrogen (secondary N) is 2. The minimum absolute atomic E-state index is 0.174. The first-order chi connectivity index (χ1) is 9.16. The highest BCUT2D eigenvalue weighted by molar-refractivity contribution is 5.86. The summed E-state index contributed by atoms with van der Waals surface area (Å²) in [6.45, 7) is 0.552. The van der Waals surface area contributed by atoms with Crippen molar-refractivity contribution in [3.05, 3.63) is 18.2 Å². The van der Waals surface area contributed by atoms with Crippen LogP contribution >= 0.6 is 0 Å². The second-order valence-corrected chi connectivity index (χ2v) is 4.54. The third-order valence-electron chi connectivity index (χ3n) is 3.07. The standard InChI is InChI=1S/C12H17N3O4/c16-11(10-3-1-2-4-19-10)15-9(12(17)18)5-8-6-13-7-14-8/h6-7,9-10H,1-5H2,(H,13,14)(H,15,16)(H,17,18)/t9-,10?/m0/s1. The summed E-state index contributed by atoms with van der Waals surface area (Å²) in [5.41, 5.74) is 0.664. The fourth-order valence-electron chi connectivity index (χ4n) is 2.03. The van der Waals surface area contributed by atoms with E-state index in [1.807, 2.05) is 0 Å². The molecule has 2 atom stereocenters. The molecule has 0 aromatic carbocycles. The van der Waals surface area contributed by atoms with Gasteiger partial charge in [0.2, 0.25) is 5.91 Å². The lowest BCUT2D eigenvalue weighted by atomic mass is 10.1. The fraction of sp³-hybridized carbons (Fsp3) is 0.583. The second-order valence-electron chi connectivity index (χ2n) is 4.54. The predicted octanol–water partition coefficient (Wildman–Crippen LogP) is 0.0907. The maximum Gasteiger partial charge on any atom is 0.326 e. The number of carboxylic acids is 1. The Balaban J connectivity index is 1.92. The predicted molar refractivity (Wildman–Crippen MR) is 65.4 cm³/mol. The summed E-state index contributed by atoms with van der Waals surface area (Å²) in [4.78, 5) is 29.7. The summed E-state index contributed by atoms with van der Waals surface area (Å²) in [7, 11) is 0. The van der Waals surface area contributed by atoms with Crippen molar-refractivity contribution in [2.75, 3.05) is 6.61 Å². The van der Waals surface area contributed by atoms with Crippen molar-refractivity contribution in [3.8, 4) is 0 Å². The monoisotopic (exact) mass is 267 g/mol. The molecule has 1 unspecified atom stereocenters. The smallest absolute Gasteiger partial charge is 0.326 e. The van der Waals surface area contributed by atoms with E-state index < -0.39 is 18.1 Å². The van der Waals surface area contributed by atoms with Gasteiger partial charge in [0.1, 0.15) is 12.1 Å². The van der Waals surface area contributed by atoms with E-state index in [-0.39, 0.29) is 12.3 Å². The summed E-state index contributed by atoms with van der Waals surface area (Å²) in [5, 5.41) is 11.6. The quantitative estimate of drug-likeness (QED) is 0.701. The van der Waals surface area contributed by atoms with Crippen molar-refractivity contribution in [2.24, 2.45) is 0 Å². The van der Waals surface area contributed by atoms with Gasteiger partial charge in [-0.15, -0.1) is 0 Å². The van der Waals surface area contributed by atoms with Gasteiger partial charge in [0.15, 0.2) is 0 Å². The average molecular weight is 267 g/mol. The minimum atomic E-state index is -1.07. The van der Waals surface area contributed by atoms with Gasteiger partial charge in [-0.1, -0.05) is 0 Å². The molecule has 104 valence electrons. The molecule has 1 fully saturated rings. The molecule has 19 heavy (non-hydrogen) atoms. The summed E-state index contributed by atoms with van der Waals surface area (Å²) in [6, 6.07) is -0.974. The molecule has 1 aliphatic heterocycles. The molecule has 1 aromatic heterocycles. The molecule has 2 heterocycles. The van der Waals surface area contributed by atoms with E-state index in [0.717, 1.165) is 12.8 Å². The van der Waals surface area contributed by atoms with E-state index in [1.54, 1.807) is 6.20 Å². The zero-order valence-electron chi connectivity index (χ0n) is 10.5. The Labute approximate surface area is 110 Å². The Hall–Kier alpha value is -1.89. The molecule has 0 bridgehead atoms. The number of H-pyrrole nitrogens is 1. The summed E-state index contributed by atoms with van der Waals surface area (Å²) in [6.07, 6.45) is 5.17. The number of hydrogen-bond donors (Lipinski definition) is 3. The average Bonchev–Trinajstić information content (AvgIpc) is 2.91. The number of carbonyl (C=O) groups excluding carboxylic acids is 1. The molecule has 1 aromatic rings. The third kappa shape index (κ3) is 3.78. The van der Waals surface area contributed by atoms with Crippen molar-refractivity contribution in [1.82, 2.24) is 15.3 Å². The highest BCUT2D eigenvalue weighted by atomic mass is 16.5. The molecule has 0 aliphatic carbocycles. The van der Waals surface area contributed by atoms with Gasteiger partial charge in [-0.25, -0.2) is 9.78 Å². The van der Waals surface area contributed by atoms with Crippen LogP contribution in [0.4, 0.5) is 0 Å². The van der Waals surface area contributed by atoms with Gasteiger partial charge in [0.05, 0.1) is 6.33 Å². The van der Waals surface area contributed by atoms with Crippen LogP contribution in [-0.4, -0.2) is 45.7 Å². The molecule has 1 amide bonds. The second kappa shape index (κ2) is 6.33. The fourth-order valence-corrected chi connectivity index (χ4v) is 2.03. The lowest BCUT2D eigenvalue weighted by Crippen LogP contribution is -2.48. The number of carbonyl (C=O) groups is 2. The Morgan fingerprint density at radius 1 is 1.58 bits per heavy atom. The lowest BCUT2D eigenvalue weighted by molar-refractivity contribution is -0.145. The van der Waals surface area contributed by atoms with Crippen LogP contribution in [0.3, 0.4) is 0 Å². The minimum Gasteiger partial charge on any atom is -0.480 e. The number of aromatic nitrogens is 2.